The van der Waals surface area contributed by atoms with Crippen LogP contribution >= 0.6 is 0 Å². The Morgan fingerprint density at radius 2 is 2.21 bits per heavy atom. The Kier molecular flexibility index (Phi) is 5.19. The van der Waals surface area contributed by atoms with Gasteiger partial charge in [0.25, 0.3) is 0 Å². The van der Waals surface area contributed by atoms with Gasteiger partial charge in [-0.1, -0.05) is 13.8 Å². The van der Waals surface area contributed by atoms with Crippen molar-refractivity contribution in [3.05, 3.63) is 18.2 Å². The molecular formula is C13H19N3O2S. The molecule has 0 saturated heterocycles. The largest absolute Gasteiger partial charge is 0.495 e. The first-order valence-corrected chi connectivity index (χ1v) is 7.85. The van der Waals surface area contributed by atoms with E-state index >= 15 is 0 Å². The van der Waals surface area contributed by atoms with E-state index in [1.807, 2.05) is 0 Å². The second-order valence-corrected chi connectivity index (χ2v) is 6.89. The van der Waals surface area contributed by atoms with E-state index in [0.717, 1.165) is 12.2 Å². The molecule has 0 fully saturated rings. The van der Waals surface area contributed by atoms with Crippen LogP contribution in [0.2, 0.25) is 0 Å². The Labute approximate surface area is 114 Å². The highest BCUT2D eigenvalue weighted by molar-refractivity contribution is 7.93. The maximum Gasteiger partial charge on any atom is 0.214 e. The molecule has 0 heterocycles. The normalized spacial score (nSPS) is 13.5. The van der Waals surface area contributed by atoms with E-state index in [1.54, 1.807) is 31.5 Å². The van der Waals surface area contributed by atoms with E-state index in [9.17, 15) is 4.21 Å². The monoisotopic (exact) mass is 281 g/mol. The summed E-state index contributed by atoms with van der Waals surface area (Å²) in [5, 5.41) is 11.8. The zero-order valence-electron chi connectivity index (χ0n) is 11.6. The summed E-state index contributed by atoms with van der Waals surface area (Å²) in [5.74, 6) is 1.11. The number of hydrogen-bond donors (Lipinski definition) is 1. The standard InChI is InChI=1S/C13H19N3O2S/c1-10(2)8-15-12-6-5-11(7-13(12)18-3)19(4,17)16-9-14/h5-7,10,15H,8H2,1-4H3. The van der Waals surface area contributed by atoms with Crippen molar-refractivity contribution in [1.82, 2.24) is 0 Å². The minimum Gasteiger partial charge on any atom is -0.495 e. The lowest BCUT2D eigenvalue weighted by molar-refractivity contribution is 0.415. The molecule has 0 radical (unpaired) electrons. The van der Waals surface area contributed by atoms with Gasteiger partial charge in [0.1, 0.15) is 5.75 Å². The van der Waals surface area contributed by atoms with Crippen LogP contribution in [-0.4, -0.2) is 24.1 Å². The number of methoxy groups -OCH3 is 1. The molecule has 0 spiro atoms. The zero-order valence-corrected chi connectivity index (χ0v) is 12.5. The third-order valence-corrected chi connectivity index (χ3v) is 4.08. The molecule has 0 amide bonds. The first kappa shape index (κ1) is 15.3. The fourth-order valence-electron chi connectivity index (χ4n) is 1.50. The van der Waals surface area contributed by atoms with E-state index in [1.165, 1.54) is 6.26 Å². The minimum atomic E-state index is -2.68. The summed E-state index contributed by atoms with van der Waals surface area (Å²) < 4.78 is 20.9. The van der Waals surface area contributed by atoms with Crippen molar-refractivity contribution in [2.45, 2.75) is 18.7 Å². The van der Waals surface area contributed by atoms with E-state index in [4.69, 9.17) is 10.00 Å². The molecule has 1 N–H and O–H groups in total. The van der Waals surface area contributed by atoms with Crippen molar-refractivity contribution < 1.29 is 8.95 Å². The quantitative estimate of drug-likeness (QED) is 0.842. The first-order valence-electron chi connectivity index (χ1n) is 5.93. The van der Waals surface area contributed by atoms with Crippen LogP contribution in [0, 0.1) is 17.4 Å². The Balaban J connectivity index is 3.14. The Morgan fingerprint density at radius 3 is 2.74 bits per heavy atom. The molecule has 0 saturated carbocycles. The molecule has 1 atom stereocenters. The number of hydrogen-bond acceptors (Lipinski definition) is 5. The lowest BCUT2D eigenvalue weighted by Crippen LogP contribution is -2.09. The van der Waals surface area contributed by atoms with Crippen molar-refractivity contribution in [2.24, 2.45) is 10.3 Å². The van der Waals surface area contributed by atoms with Crippen LogP contribution in [0.1, 0.15) is 13.8 Å². The third-order valence-electron chi connectivity index (χ3n) is 2.53. The molecule has 0 bridgehead atoms. The molecule has 0 aliphatic carbocycles. The molecule has 19 heavy (non-hydrogen) atoms. The predicted molar refractivity (Wildman–Crippen MR) is 76.7 cm³/mol. The molecular weight excluding hydrogens is 262 g/mol. The highest BCUT2D eigenvalue weighted by Crippen LogP contribution is 2.28. The summed E-state index contributed by atoms with van der Waals surface area (Å²) in [7, 11) is -1.13. The second kappa shape index (κ2) is 6.43. The van der Waals surface area contributed by atoms with Gasteiger partial charge in [-0.2, -0.15) is 5.26 Å². The van der Waals surface area contributed by atoms with Crippen molar-refractivity contribution in [2.75, 3.05) is 25.2 Å². The van der Waals surface area contributed by atoms with Crippen LogP contribution in [0.3, 0.4) is 0 Å². The van der Waals surface area contributed by atoms with Gasteiger partial charge in [0.05, 0.1) is 27.4 Å². The van der Waals surface area contributed by atoms with Crippen LogP contribution in [0.15, 0.2) is 27.5 Å². The number of rotatable bonds is 5. The van der Waals surface area contributed by atoms with Crippen molar-refractivity contribution >= 4 is 15.4 Å². The predicted octanol–water partition coefficient (Wildman–Crippen LogP) is 2.70. The van der Waals surface area contributed by atoms with Crippen LogP contribution in [0.25, 0.3) is 0 Å². The van der Waals surface area contributed by atoms with Gasteiger partial charge >= 0.3 is 0 Å². The molecule has 0 aromatic heterocycles. The number of nitrogens with zero attached hydrogens (tertiary/aromatic N) is 2. The molecule has 1 aromatic rings. The van der Waals surface area contributed by atoms with E-state index < -0.39 is 9.73 Å². The summed E-state index contributed by atoms with van der Waals surface area (Å²) >= 11 is 0. The van der Waals surface area contributed by atoms with Crippen LogP contribution in [-0.2, 0) is 9.73 Å². The maximum absolute atomic E-state index is 12.2. The Morgan fingerprint density at radius 1 is 1.53 bits per heavy atom. The number of benzene rings is 1. The maximum atomic E-state index is 12.2. The molecule has 6 heteroatoms. The van der Waals surface area contributed by atoms with Gasteiger partial charge in [0.15, 0.2) is 0 Å². The molecule has 0 aliphatic heterocycles. The fourth-order valence-corrected chi connectivity index (χ4v) is 2.41. The molecule has 1 unspecified atom stereocenters. The van der Waals surface area contributed by atoms with Crippen LogP contribution < -0.4 is 10.1 Å². The summed E-state index contributed by atoms with van der Waals surface area (Å²) in [6, 6.07) is 5.16. The van der Waals surface area contributed by atoms with Gasteiger partial charge in [0, 0.05) is 12.8 Å². The van der Waals surface area contributed by atoms with Gasteiger partial charge in [-0.3, -0.25) is 0 Å². The second-order valence-electron chi connectivity index (χ2n) is 4.63. The molecule has 5 nitrogen and oxygen atoms in total. The summed E-state index contributed by atoms with van der Waals surface area (Å²) in [4.78, 5) is 0.487. The highest BCUT2D eigenvalue weighted by Gasteiger charge is 2.11. The van der Waals surface area contributed by atoms with E-state index in [0.29, 0.717) is 16.6 Å². The molecule has 0 aliphatic rings. The van der Waals surface area contributed by atoms with Crippen LogP contribution in [0.5, 0.6) is 5.75 Å². The molecule has 1 aromatic carbocycles. The average Bonchev–Trinajstić information content (AvgIpc) is 2.35. The van der Waals surface area contributed by atoms with E-state index in [-0.39, 0.29) is 0 Å². The lowest BCUT2D eigenvalue weighted by Gasteiger charge is -2.14. The highest BCUT2D eigenvalue weighted by atomic mass is 32.2. The van der Waals surface area contributed by atoms with E-state index in [2.05, 4.69) is 23.5 Å². The van der Waals surface area contributed by atoms with Gasteiger partial charge in [-0.05, 0) is 24.1 Å². The minimum absolute atomic E-state index is 0.487. The number of nitrogens with one attached hydrogen (secondary N) is 1. The summed E-state index contributed by atoms with van der Waals surface area (Å²) in [6.45, 7) is 5.04. The molecule has 104 valence electrons. The van der Waals surface area contributed by atoms with Gasteiger partial charge in [0.2, 0.25) is 6.19 Å². The van der Waals surface area contributed by atoms with Gasteiger partial charge in [-0.15, -0.1) is 4.36 Å². The Bertz CT molecular complexity index is 596. The number of ether oxygens (including phenoxy) is 1. The fraction of sp³-hybridized carbons (Fsp3) is 0.462. The smallest absolute Gasteiger partial charge is 0.214 e. The van der Waals surface area contributed by atoms with Gasteiger partial charge < -0.3 is 10.1 Å². The number of nitriles is 1. The summed E-state index contributed by atoms with van der Waals surface area (Å²) in [6.07, 6.45) is 3.03. The zero-order chi connectivity index (χ0) is 14.5. The lowest BCUT2D eigenvalue weighted by atomic mass is 10.2. The van der Waals surface area contributed by atoms with Crippen molar-refractivity contribution in [3.63, 3.8) is 0 Å². The third kappa shape index (κ3) is 4.14. The van der Waals surface area contributed by atoms with Crippen LogP contribution in [0.4, 0.5) is 5.69 Å². The topological polar surface area (TPSA) is 74.5 Å². The molecule has 1 rings (SSSR count). The van der Waals surface area contributed by atoms with Crippen molar-refractivity contribution in [1.29, 1.82) is 5.26 Å². The van der Waals surface area contributed by atoms with Gasteiger partial charge in [-0.25, -0.2) is 4.21 Å². The average molecular weight is 281 g/mol. The Hall–Kier alpha value is -1.74. The number of anilines is 1. The SMILES string of the molecule is COc1cc(S(C)(=O)=NC#N)ccc1NCC(C)C. The summed E-state index contributed by atoms with van der Waals surface area (Å²) in [5.41, 5.74) is 0.840. The first-order chi connectivity index (χ1) is 8.90. The van der Waals surface area contributed by atoms with Crippen molar-refractivity contribution in [3.8, 4) is 11.9 Å².